The molecule has 1 aromatic carbocycles. The van der Waals surface area contributed by atoms with Gasteiger partial charge in [-0.1, -0.05) is 12.1 Å². The van der Waals surface area contributed by atoms with Gasteiger partial charge in [0, 0.05) is 26.1 Å². The van der Waals surface area contributed by atoms with Gasteiger partial charge in [-0.3, -0.25) is 4.79 Å². The van der Waals surface area contributed by atoms with E-state index in [-0.39, 0.29) is 5.91 Å². The number of benzene rings is 1. The first kappa shape index (κ1) is 10.3. The third-order valence-corrected chi connectivity index (χ3v) is 1.91. The summed E-state index contributed by atoms with van der Waals surface area (Å²) < 4.78 is 0. The van der Waals surface area contributed by atoms with Crippen molar-refractivity contribution < 1.29 is 4.79 Å². The first-order chi connectivity index (χ1) is 6.65. The number of terminal acetylenes is 1. The van der Waals surface area contributed by atoms with Gasteiger partial charge >= 0.3 is 0 Å². The second-order valence-electron chi connectivity index (χ2n) is 3.28. The topological polar surface area (TPSA) is 20.3 Å². The first-order valence-corrected chi connectivity index (χ1v) is 4.39. The number of hydrogen-bond acceptors (Lipinski definition) is 1. The molecule has 0 fully saturated rings. The predicted octanol–water partition coefficient (Wildman–Crippen LogP) is 1.56. The molecule has 2 heteroatoms. The van der Waals surface area contributed by atoms with Crippen molar-refractivity contribution in [2.75, 3.05) is 14.1 Å². The minimum absolute atomic E-state index is 0.0113. The molecule has 0 radical (unpaired) electrons. The van der Waals surface area contributed by atoms with Gasteiger partial charge < -0.3 is 4.90 Å². The summed E-state index contributed by atoms with van der Waals surface area (Å²) in [4.78, 5) is 13.1. The van der Waals surface area contributed by atoms with E-state index in [1.807, 2.05) is 12.1 Å². The van der Waals surface area contributed by atoms with E-state index in [0.29, 0.717) is 12.0 Å². The Morgan fingerprint density at radius 2 is 1.93 bits per heavy atom. The van der Waals surface area contributed by atoms with E-state index in [2.05, 4.69) is 5.92 Å². The zero-order chi connectivity index (χ0) is 10.6. The van der Waals surface area contributed by atoms with Gasteiger partial charge in [0.05, 0.1) is 0 Å². The molecule has 0 aromatic heterocycles. The number of hydrogen-bond donors (Lipinski definition) is 0. The molecular formula is C12H13NO. The minimum Gasteiger partial charge on any atom is -0.345 e. The highest BCUT2D eigenvalue weighted by Crippen LogP contribution is 2.06. The quantitative estimate of drug-likeness (QED) is 0.643. The van der Waals surface area contributed by atoms with Crippen LogP contribution in [-0.2, 0) is 6.42 Å². The maximum atomic E-state index is 11.5. The molecule has 0 N–H and O–H groups in total. The summed E-state index contributed by atoms with van der Waals surface area (Å²) in [6, 6.07) is 7.37. The Labute approximate surface area is 84.5 Å². The molecule has 0 unspecified atom stereocenters. The second kappa shape index (κ2) is 4.48. The van der Waals surface area contributed by atoms with E-state index in [1.54, 1.807) is 31.1 Å². The van der Waals surface area contributed by atoms with Crippen molar-refractivity contribution in [1.82, 2.24) is 4.90 Å². The van der Waals surface area contributed by atoms with E-state index in [9.17, 15) is 4.79 Å². The van der Waals surface area contributed by atoms with Crippen LogP contribution in [0.25, 0.3) is 0 Å². The third kappa shape index (κ3) is 2.37. The largest absolute Gasteiger partial charge is 0.345 e. The predicted molar refractivity (Wildman–Crippen MR) is 57.0 cm³/mol. The molecule has 14 heavy (non-hydrogen) atoms. The van der Waals surface area contributed by atoms with Gasteiger partial charge in [-0.05, 0) is 17.7 Å². The van der Waals surface area contributed by atoms with E-state index >= 15 is 0 Å². The summed E-state index contributed by atoms with van der Waals surface area (Å²) in [5.74, 6) is 2.57. The molecule has 1 rings (SSSR count). The summed E-state index contributed by atoms with van der Waals surface area (Å²) in [5.41, 5.74) is 1.75. The molecule has 0 aliphatic rings. The van der Waals surface area contributed by atoms with E-state index in [4.69, 9.17) is 6.42 Å². The average Bonchev–Trinajstić information content (AvgIpc) is 2.18. The Bertz CT molecular complexity index is 357. The number of rotatable bonds is 2. The fourth-order valence-corrected chi connectivity index (χ4v) is 1.14. The van der Waals surface area contributed by atoms with Crippen LogP contribution in [0.2, 0.25) is 0 Å². The van der Waals surface area contributed by atoms with Crippen LogP contribution in [0.3, 0.4) is 0 Å². The molecule has 0 aliphatic heterocycles. The highest BCUT2D eigenvalue weighted by Gasteiger charge is 2.06. The SMILES string of the molecule is C#CCc1ccc(C(=O)N(C)C)cc1. The van der Waals surface area contributed by atoms with Gasteiger partial charge in [0.25, 0.3) is 5.91 Å². The van der Waals surface area contributed by atoms with E-state index in [1.165, 1.54) is 0 Å². The Morgan fingerprint density at radius 3 is 2.36 bits per heavy atom. The van der Waals surface area contributed by atoms with E-state index in [0.717, 1.165) is 5.56 Å². The van der Waals surface area contributed by atoms with Crippen molar-refractivity contribution in [3.63, 3.8) is 0 Å². The smallest absolute Gasteiger partial charge is 0.253 e. The van der Waals surface area contributed by atoms with Crippen molar-refractivity contribution in [2.45, 2.75) is 6.42 Å². The lowest BCUT2D eigenvalue weighted by atomic mass is 10.1. The summed E-state index contributed by atoms with van der Waals surface area (Å²) >= 11 is 0. The molecule has 0 heterocycles. The highest BCUT2D eigenvalue weighted by atomic mass is 16.2. The fourth-order valence-electron chi connectivity index (χ4n) is 1.14. The van der Waals surface area contributed by atoms with Crippen LogP contribution in [-0.4, -0.2) is 24.9 Å². The van der Waals surface area contributed by atoms with Crippen molar-refractivity contribution in [3.8, 4) is 12.3 Å². The van der Waals surface area contributed by atoms with Crippen LogP contribution < -0.4 is 0 Å². The summed E-state index contributed by atoms with van der Waals surface area (Å²) in [6.45, 7) is 0. The van der Waals surface area contributed by atoms with Crippen LogP contribution in [0.15, 0.2) is 24.3 Å². The molecule has 0 bridgehead atoms. The number of carbonyl (C=O) groups excluding carboxylic acids is 1. The average molecular weight is 187 g/mol. The standard InChI is InChI=1S/C12H13NO/c1-4-5-10-6-8-11(9-7-10)12(14)13(2)3/h1,6-9H,5H2,2-3H3. The summed E-state index contributed by atoms with van der Waals surface area (Å²) in [6.07, 6.45) is 5.79. The Kier molecular flexibility index (Phi) is 3.30. The molecule has 0 spiro atoms. The maximum absolute atomic E-state index is 11.5. The molecular weight excluding hydrogens is 174 g/mol. The minimum atomic E-state index is 0.0113. The lowest BCUT2D eigenvalue weighted by Crippen LogP contribution is -2.21. The fraction of sp³-hybridized carbons (Fsp3) is 0.250. The van der Waals surface area contributed by atoms with Crippen LogP contribution in [0.4, 0.5) is 0 Å². The van der Waals surface area contributed by atoms with Crippen LogP contribution >= 0.6 is 0 Å². The molecule has 0 atom stereocenters. The van der Waals surface area contributed by atoms with Gasteiger partial charge in [-0.15, -0.1) is 12.3 Å². The van der Waals surface area contributed by atoms with Crippen LogP contribution in [0.5, 0.6) is 0 Å². The third-order valence-electron chi connectivity index (χ3n) is 1.91. The molecule has 0 aliphatic carbocycles. The summed E-state index contributed by atoms with van der Waals surface area (Å²) in [5, 5.41) is 0. The Balaban J connectivity index is 2.84. The normalized spacial score (nSPS) is 9.21. The number of carbonyl (C=O) groups is 1. The Morgan fingerprint density at radius 1 is 1.36 bits per heavy atom. The zero-order valence-corrected chi connectivity index (χ0v) is 8.45. The second-order valence-corrected chi connectivity index (χ2v) is 3.28. The molecule has 0 saturated carbocycles. The highest BCUT2D eigenvalue weighted by molar-refractivity contribution is 5.93. The number of amides is 1. The van der Waals surface area contributed by atoms with Crippen molar-refractivity contribution >= 4 is 5.91 Å². The molecule has 0 saturated heterocycles. The zero-order valence-electron chi connectivity index (χ0n) is 8.45. The van der Waals surface area contributed by atoms with Crippen molar-refractivity contribution in [1.29, 1.82) is 0 Å². The first-order valence-electron chi connectivity index (χ1n) is 4.39. The van der Waals surface area contributed by atoms with Crippen molar-refractivity contribution in [3.05, 3.63) is 35.4 Å². The lowest BCUT2D eigenvalue weighted by Gasteiger charge is -2.09. The van der Waals surface area contributed by atoms with Gasteiger partial charge in [0.1, 0.15) is 0 Å². The Hall–Kier alpha value is -1.75. The van der Waals surface area contributed by atoms with E-state index < -0.39 is 0 Å². The van der Waals surface area contributed by atoms with Crippen LogP contribution in [0, 0.1) is 12.3 Å². The van der Waals surface area contributed by atoms with Gasteiger partial charge in [-0.25, -0.2) is 0 Å². The number of nitrogens with zero attached hydrogens (tertiary/aromatic N) is 1. The van der Waals surface area contributed by atoms with Crippen LogP contribution in [0.1, 0.15) is 15.9 Å². The van der Waals surface area contributed by atoms with Gasteiger partial charge in [0.2, 0.25) is 0 Å². The van der Waals surface area contributed by atoms with Gasteiger partial charge in [-0.2, -0.15) is 0 Å². The lowest BCUT2D eigenvalue weighted by molar-refractivity contribution is 0.0827. The molecule has 72 valence electrons. The molecule has 1 amide bonds. The maximum Gasteiger partial charge on any atom is 0.253 e. The summed E-state index contributed by atoms with van der Waals surface area (Å²) in [7, 11) is 3.47. The monoisotopic (exact) mass is 187 g/mol. The van der Waals surface area contributed by atoms with Crippen molar-refractivity contribution in [2.24, 2.45) is 0 Å². The molecule has 2 nitrogen and oxygen atoms in total. The molecule has 1 aromatic rings. The van der Waals surface area contributed by atoms with Gasteiger partial charge in [0.15, 0.2) is 0 Å².